The number of ether oxygens (including phenoxy) is 1. The topological polar surface area (TPSA) is 75.0 Å². The molecule has 1 saturated heterocycles. The van der Waals surface area contributed by atoms with Gasteiger partial charge in [-0.2, -0.15) is 0 Å². The number of benzene rings is 2. The average Bonchev–Trinajstić information content (AvgIpc) is 3.35. The Hall–Kier alpha value is -2.59. The number of furan rings is 1. The van der Waals surface area contributed by atoms with Gasteiger partial charge >= 0.3 is 0 Å². The molecule has 2 aromatic carbocycles. The van der Waals surface area contributed by atoms with Gasteiger partial charge in [0.25, 0.3) is 0 Å². The molecule has 1 N–H and O–H groups in total. The quantitative estimate of drug-likeness (QED) is 0.512. The summed E-state index contributed by atoms with van der Waals surface area (Å²) in [5.74, 6) is 0.624. The summed E-state index contributed by atoms with van der Waals surface area (Å²) in [7, 11) is -2.47. The fourth-order valence-electron chi connectivity index (χ4n) is 3.96. The molecule has 1 fully saturated rings. The van der Waals surface area contributed by atoms with Gasteiger partial charge in [-0.1, -0.05) is 11.6 Å². The van der Waals surface area contributed by atoms with Gasteiger partial charge in [-0.25, -0.2) is 17.5 Å². The van der Waals surface area contributed by atoms with Crippen molar-refractivity contribution >= 4 is 27.3 Å². The molecule has 0 amide bonds. The van der Waals surface area contributed by atoms with Crippen LogP contribution in [0, 0.1) is 5.82 Å². The molecule has 7 nitrogen and oxygen atoms in total. The number of methoxy groups -OCH3 is 1. The minimum absolute atomic E-state index is 0.0168. The Bertz CT molecular complexity index is 1160. The van der Waals surface area contributed by atoms with E-state index in [0.717, 1.165) is 18.8 Å². The smallest absolute Gasteiger partial charge is 0.244 e. The summed E-state index contributed by atoms with van der Waals surface area (Å²) in [6.45, 7) is 2.92. The maximum atomic E-state index is 13.2. The maximum absolute atomic E-state index is 13.2. The van der Waals surface area contributed by atoms with Gasteiger partial charge in [-0.05, 0) is 54.6 Å². The molecule has 1 aliphatic rings. The van der Waals surface area contributed by atoms with Crippen molar-refractivity contribution in [3.05, 3.63) is 77.5 Å². The minimum Gasteiger partial charge on any atom is -0.495 e. The zero-order valence-electron chi connectivity index (χ0n) is 18.1. The van der Waals surface area contributed by atoms with Crippen LogP contribution in [0.1, 0.15) is 11.8 Å². The number of nitrogens with zero attached hydrogens (tertiary/aromatic N) is 2. The number of hydrogen-bond donors (Lipinski definition) is 1. The summed E-state index contributed by atoms with van der Waals surface area (Å²) < 4.78 is 52.9. The van der Waals surface area contributed by atoms with Crippen LogP contribution in [-0.2, 0) is 10.0 Å². The molecular formula is C23H25ClFN3O4S. The van der Waals surface area contributed by atoms with E-state index in [1.807, 2.05) is 6.07 Å². The highest BCUT2D eigenvalue weighted by Gasteiger charge is 2.29. The molecule has 3 aromatic rings. The van der Waals surface area contributed by atoms with Gasteiger partial charge in [0.15, 0.2) is 0 Å². The predicted octanol–water partition coefficient (Wildman–Crippen LogP) is 3.92. The molecular weight excluding hydrogens is 469 g/mol. The van der Waals surface area contributed by atoms with E-state index in [1.54, 1.807) is 30.5 Å². The monoisotopic (exact) mass is 493 g/mol. The molecule has 4 rings (SSSR count). The third-order valence-electron chi connectivity index (χ3n) is 5.70. The van der Waals surface area contributed by atoms with E-state index in [9.17, 15) is 12.8 Å². The molecule has 0 bridgehead atoms. The lowest BCUT2D eigenvalue weighted by Crippen LogP contribution is -2.49. The second-order valence-corrected chi connectivity index (χ2v) is 9.85. The van der Waals surface area contributed by atoms with E-state index < -0.39 is 10.0 Å². The fourth-order valence-corrected chi connectivity index (χ4v) is 5.43. The molecule has 1 unspecified atom stereocenters. The standard InChI is InChI=1S/C23H25ClFN3O4S/c1-31-22-9-4-17(24)15-23(22)33(29,30)26-16-20(21-3-2-14-32-21)28-12-10-27(11-13-28)19-7-5-18(25)6-8-19/h2-9,14-15,20,26H,10-13,16H2,1H3. The SMILES string of the molecule is COc1ccc(Cl)cc1S(=O)(=O)NCC(c1ccco1)N1CCN(c2ccc(F)cc2)CC1. The number of nitrogens with one attached hydrogen (secondary N) is 1. The lowest BCUT2D eigenvalue weighted by atomic mass is 10.1. The van der Waals surface area contributed by atoms with Crippen LogP contribution >= 0.6 is 11.6 Å². The van der Waals surface area contributed by atoms with Crippen molar-refractivity contribution in [2.45, 2.75) is 10.9 Å². The van der Waals surface area contributed by atoms with Gasteiger partial charge in [0.05, 0.1) is 19.4 Å². The zero-order chi connectivity index (χ0) is 23.4. The Morgan fingerprint density at radius 2 is 1.85 bits per heavy atom. The fraction of sp³-hybridized carbons (Fsp3) is 0.304. The molecule has 1 atom stereocenters. The third kappa shape index (κ3) is 5.50. The van der Waals surface area contributed by atoms with Crippen LogP contribution in [-0.4, -0.2) is 53.2 Å². The highest BCUT2D eigenvalue weighted by atomic mass is 35.5. The number of piperazine rings is 1. The van der Waals surface area contributed by atoms with E-state index in [4.69, 9.17) is 20.8 Å². The molecule has 0 saturated carbocycles. The first-order valence-corrected chi connectivity index (χ1v) is 12.3. The highest BCUT2D eigenvalue weighted by molar-refractivity contribution is 7.89. The van der Waals surface area contributed by atoms with E-state index in [2.05, 4.69) is 14.5 Å². The largest absolute Gasteiger partial charge is 0.495 e. The number of halogens is 2. The number of sulfonamides is 1. The van der Waals surface area contributed by atoms with Crippen LogP contribution in [0.15, 0.2) is 70.2 Å². The molecule has 10 heteroatoms. The van der Waals surface area contributed by atoms with Gasteiger partial charge < -0.3 is 14.1 Å². The van der Waals surface area contributed by atoms with Crippen LogP contribution in [0.3, 0.4) is 0 Å². The summed E-state index contributed by atoms with van der Waals surface area (Å²) in [4.78, 5) is 4.34. The number of anilines is 1. The van der Waals surface area contributed by atoms with Crippen molar-refractivity contribution in [2.24, 2.45) is 0 Å². The molecule has 33 heavy (non-hydrogen) atoms. The van der Waals surface area contributed by atoms with E-state index in [0.29, 0.717) is 23.9 Å². The molecule has 0 radical (unpaired) electrons. The van der Waals surface area contributed by atoms with Crippen molar-refractivity contribution in [1.29, 1.82) is 0 Å². The molecule has 1 aliphatic heterocycles. The first-order chi connectivity index (χ1) is 15.9. The molecule has 0 aliphatic carbocycles. The number of hydrogen-bond acceptors (Lipinski definition) is 6. The van der Waals surface area contributed by atoms with Crippen LogP contribution in [0.2, 0.25) is 5.02 Å². The summed E-state index contributed by atoms with van der Waals surface area (Å²) in [6, 6.07) is 14.2. The Kier molecular flexibility index (Phi) is 7.23. The van der Waals surface area contributed by atoms with E-state index in [-0.39, 0.29) is 29.0 Å². The van der Waals surface area contributed by atoms with Crippen molar-refractivity contribution in [2.75, 3.05) is 44.7 Å². The van der Waals surface area contributed by atoms with Gasteiger partial charge in [0.2, 0.25) is 10.0 Å². The molecule has 0 spiro atoms. The normalized spacial score (nSPS) is 16.0. The van der Waals surface area contributed by atoms with Gasteiger partial charge in [-0.3, -0.25) is 4.90 Å². The van der Waals surface area contributed by atoms with Gasteiger partial charge in [0.1, 0.15) is 22.2 Å². The lowest BCUT2D eigenvalue weighted by molar-refractivity contribution is 0.166. The summed E-state index contributed by atoms with van der Waals surface area (Å²) >= 11 is 6.02. The first-order valence-electron chi connectivity index (χ1n) is 10.5. The van der Waals surface area contributed by atoms with Crippen LogP contribution in [0.25, 0.3) is 0 Å². The predicted molar refractivity (Wildman–Crippen MR) is 125 cm³/mol. The highest BCUT2D eigenvalue weighted by Crippen LogP contribution is 2.29. The van der Waals surface area contributed by atoms with E-state index in [1.165, 1.54) is 31.4 Å². The second kappa shape index (κ2) is 10.1. The maximum Gasteiger partial charge on any atom is 0.244 e. The summed E-state index contributed by atoms with van der Waals surface area (Å²) in [5.41, 5.74) is 0.958. The lowest BCUT2D eigenvalue weighted by Gasteiger charge is -2.39. The Morgan fingerprint density at radius 1 is 1.12 bits per heavy atom. The average molecular weight is 494 g/mol. The van der Waals surface area contributed by atoms with Crippen molar-refractivity contribution in [3.8, 4) is 5.75 Å². The third-order valence-corrected chi connectivity index (χ3v) is 7.38. The molecule has 2 heterocycles. The molecule has 1 aromatic heterocycles. The van der Waals surface area contributed by atoms with Gasteiger partial charge in [-0.15, -0.1) is 0 Å². The van der Waals surface area contributed by atoms with E-state index >= 15 is 0 Å². The first kappa shape index (κ1) is 23.6. The van der Waals surface area contributed by atoms with Crippen LogP contribution in [0.5, 0.6) is 5.75 Å². The van der Waals surface area contributed by atoms with Crippen molar-refractivity contribution < 1.29 is 22.0 Å². The molecule has 176 valence electrons. The Morgan fingerprint density at radius 3 is 2.48 bits per heavy atom. The summed E-state index contributed by atoms with van der Waals surface area (Å²) in [5, 5.41) is 0.302. The minimum atomic E-state index is -3.88. The summed E-state index contributed by atoms with van der Waals surface area (Å²) in [6.07, 6.45) is 1.57. The van der Waals surface area contributed by atoms with Gasteiger partial charge in [0, 0.05) is 43.4 Å². The second-order valence-electron chi connectivity index (χ2n) is 7.68. The van der Waals surface area contributed by atoms with Crippen molar-refractivity contribution in [1.82, 2.24) is 9.62 Å². The van der Waals surface area contributed by atoms with Crippen LogP contribution in [0.4, 0.5) is 10.1 Å². The van der Waals surface area contributed by atoms with Crippen LogP contribution < -0.4 is 14.4 Å². The van der Waals surface area contributed by atoms with Crippen molar-refractivity contribution in [3.63, 3.8) is 0 Å². The Balaban J connectivity index is 1.48. The zero-order valence-corrected chi connectivity index (χ0v) is 19.7. The Labute approximate surface area is 197 Å². The number of rotatable bonds is 8.